The van der Waals surface area contributed by atoms with Crippen LogP contribution >= 0.6 is 22.9 Å². The Morgan fingerprint density at radius 1 is 1.27 bits per heavy atom. The van der Waals surface area contributed by atoms with Gasteiger partial charge in [-0.05, 0) is 18.6 Å². The van der Waals surface area contributed by atoms with E-state index < -0.39 is 0 Å². The maximum absolute atomic E-state index is 6.21. The molecule has 0 fully saturated rings. The maximum atomic E-state index is 6.21. The van der Waals surface area contributed by atoms with Crippen molar-refractivity contribution >= 4 is 27.9 Å². The van der Waals surface area contributed by atoms with Crippen molar-refractivity contribution in [3.05, 3.63) is 52.6 Å². The summed E-state index contributed by atoms with van der Waals surface area (Å²) in [6, 6.07) is 7.72. The van der Waals surface area contributed by atoms with Crippen molar-refractivity contribution in [2.75, 3.05) is 0 Å². The van der Waals surface area contributed by atoms with Crippen molar-refractivity contribution in [2.24, 2.45) is 0 Å². The average Bonchev–Trinajstić information content (AvgIpc) is 3.18. The summed E-state index contributed by atoms with van der Waals surface area (Å²) in [5.74, 6) is 0.770. The predicted molar refractivity (Wildman–Crippen MR) is 85.2 cm³/mol. The molecule has 4 rings (SSSR count). The number of fused-ring (bicyclic) bond motifs is 1. The predicted octanol–water partition coefficient (Wildman–Crippen LogP) is 3.13. The van der Waals surface area contributed by atoms with Crippen molar-refractivity contribution in [1.29, 1.82) is 0 Å². The summed E-state index contributed by atoms with van der Waals surface area (Å²) >= 11 is 7.70. The largest absolute Gasteiger partial charge is 0.282 e. The fourth-order valence-electron chi connectivity index (χ4n) is 2.25. The molecule has 0 bridgehead atoms. The van der Waals surface area contributed by atoms with E-state index in [1.54, 1.807) is 10.7 Å². The Labute approximate surface area is 134 Å². The van der Waals surface area contributed by atoms with Crippen molar-refractivity contribution < 1.29 is 0 Å². The van der Waals surface area contributed by atoms with E-state index in [-0.39, 0.29) is 0 Å². The van der Waals surface area contributed by atoms with Crippen LogP contribution in [0.15, 0.2) is 30.5 Å². The molecule has 3 heterocycles. The van der Waals surface area contributed by atoms with E-state index in [4.69, 9.17) is 11.6 Å². The maximum Gasteiger partial charge on any atom is 0.234 e. The molecule has 3 aromatic heterocycles. The zero-order valence-corrected chi connectivity index (χ0v) is 13.2. The Balaban J connectivity index is 1.75. The Morgan fingerprint density at radius 3 is 2.91 bits per heavy atom. The van der Waals surface area contributed by atoms with Gasteiger partial charge >= 0.3 is 0 Å². The molecular formula is C14H11ClN6S. The highest BCUT2D eigenvalue weighted by atomic mass is 35.5. The smallest absolute Gasteiger partial charge is 0.234 e. The number of H-pyrrole nitrogens is 1. The van der Waals surface area contributed by atoms with Gasteiger partial charge in [-0.2, -0.15) is 14.7 Å². The Bertz CT molecular complexity index is 953. The van der Waals surface area contributed by atoms with Crippen LogP contribution in [-0.4, -0.2) is 30.0 Å². The lowest BCUT2D eigenvalue weighted by Crippen LogP contribution is -1.98. The van der Waals surface area contributed by atoms with Gasteiger partial charge in [-0.3, -0.25) is 5.10 Å². The first-order valence-corrected chi connectivity index (χ1v) is 7.86. The monoisotopic (exact) mass is 330 g/mol. The van der Waals surface area contributed by atoms with Crippen LogP contribution in [0.3, 0.4) is 0 Å². The lowest BCUT2D eigenvalue weighted by molar-refractivity contribution is 0.854. The summed E-state index contributed by atoms with van der Waals surface area (Å²) in [7, 11) is 0. The summed E-state index contributed by atoms with van der Waals surface area (Å²) in [6.07, 6.45) is 2.36. The van der Waals surface area contributed by atoms with E-state index in [9.17, 15) is 0 Å². The third-order valence-corrected chi connectivity index (χ3v) is 4.72. The molecule has 0 spiro atoms. The molecule has 6 nitrogen and oxygen atoms in total. The summed E-state index contributed by atoms with van der Waals surface area (Å²) in [4.78, 5) is 0.762. The van der Waals surface area contributed by atoms with Gasteiger partial charge in [0, 0.05) is 17.1 Å². The van der Waals surface area contributed by atoms with E-state index >= 15 is 0 Å². The van der Waals surface area contributed by atoms with Gasteiger partial charge in [-0.1, -0.05) is 41.1 Å². The first-order valence-electron chi connectivity index (χ1n) is 6.67. The summed E-state index contributed by atoms with van der Waals surface area (Å²) in [6.45, 7) is 1.97. The molecule has 0 aliphatic rings. The van der Waals surface area contributed by atoms with Crippen LogP contribution in [0.1, 0.15) is 17.1 Å². The zero-order chi connectivity index (χ0) is 15.1. The molecule has 0 atom stereocenters. The normalized spacial score (nSPS) is 11.4. The molecule has 0 saturated carbocycles. The number of aromatic amines is 1. The van der Waals surface area contributed by atoms with Crippen LogP contribution in [0.25, 0.3) is 15.5 Å². The number of hydrogen-bond donors (Lipinski definition) is 1. The lowest BCUT2D eigenvalue weighted by Gasteiger charge is -2.00. The highest BCUT2D eigenvalue weighted by molar-refractivity contribution is 7.19. The van der Waals surface area contributed by atoms with Gasteiger partial charge in [0.25, 0.3) is 0 Å². The quantitative estimate of drug-likeness (QED) is 0.626. The summed E-state index contributed by atoms with van der Waals surface area (Å²) in [5.41, 5.74) is 2.98. The van der Waals surface area contributed by atoms with Crippen molar-refractivity contribution in [2.45, 2.75) is 13.3 Å². The van der Waals surface area contributed by atoms with Gasteiger partial charge in [-0.15, -0.1) is 10.2 Å². The highest BCUT2D eigenvalue weighted by Gasteiger charge is 2.16. The Hall–Kier alpha value is -2.25. The minimum Gasteiger partial charge on any atom is -0.282 e. The minimum absolute atomic E-state index is 0.592. The van der Waals surface area contributed by atoms with Crippen LogP contribution in [-0.2, 0) is 6.42 Å². The van der Waals surface area contributed by atoms with Crippen LogP contribution in [0.2, 0.25) is 5.02 Å². The third kappa shape index (κ3) is 2.18. The molecule has 0 aliphatic heterocycles. The number of benzene rings is 1. The van der Waals surface area contributed by atoms with Gasteiger partial charge < -0.3 is 0 Å². The molecule has 0 aliphatic carbocycles. The lowest BCUT2D eigenvalue weighted by atomic mass is 10.1. The van der Waals surface area contributed by atoms with Crippen LogP contribution in [0.4, 0.5) is 0 Å². The van der Waals surface area contributed by atoms with E-state index in [1.807, 2.05) is 31.2 Å². The number of hydrogen-bond acceptors (Lipinski definition) is 5. The molecule has 0 amide bonds. The zero-order valence-electron chi connectivity index (χ0n) is 11.6. The highest BCUT2D eigenvalue weighted by Crippen LogP contribution is 2.27. The molecule has 1 aromatic carbocycles. The molecule has 1 N–H and O–H groups in total. The second-order valence-corrected chi connectivity index (χ2v) is 6.26. The molecule has 8 heteroatoms. The SMILES string of the molecule is Cc1[nH]ncc1-c1nn2c(Cc3ccccc3Cl)nnc2s1. The van der Waals surface area contributed by atoms with Crippen molar-refractivity contribution in [3.8, 4) is 10.6 Å². The van der Waals surface area contributed by atoms with Crippen LogP contribution < -0.4 is 0 Å². The topological polar surface area (TPSA) is 71.8 Å². The second-order valence-electron chi connectivity index (χ2n) is 4.89. The Kier molecular flexibility index (Phi) is 3.16. The first-order chi connectivity index (χ1) is 10.7. The number of aryl methyl sites for hydroxylation is 1. The molecule has 0 saturated heterocycles. The third-order valence-electron chi connectivity index (χ3n) is 3.42. The van der Waals surface area contributed by atoms with Gasteiger partial charge in [0.2, 0.25) is 4.96 Å². The molecule has 0 radical (unpaired) electrons. The van der Waals surface area contributed by atoms with Gasteiger partial charge in [0.1, 0.15) is 0 Å². The summed E-state index contributed by atoms with van der Waals surface area (Å²) in [5, 5.41) is 21.6. The number of nitrogens with one attached hydrogen (secondary N) is 1. The van der Waals surface area contributed by atoms with Crippen molar-refractivity contribution in [1.82, 2.24) is 30.0 Å². The average molecular weight is 331 g/mol. The second kappa shape index (κ2) is 5.19. The van der Waals surface area contributed by atoms with Crippen LogP contribution in [0.5, 0.6) is 0 Å². The van der Waals surface area contributed by atoms with Gasteiger partial charge in [0.15, 0.2) is 10.8 Å². The number of nitrogens with zero attached hydrogens (tertiary/aromatic N) is 5. The molecule has 22 heavy (non-hydrogen) atoms. The van der Waals surface area contributed by atoms with E-state index in [0.717, 1.165) is 37.6 Å². The first kappa shape index (κ1) is 13.4. The van der Waals surface area contributed by atoms with E-state index in [2.05, 4.69) is 25.5 Å². The minimum atomic E-state index is 0.592. The molecule has 4 aromatic rings. The summed E-state index contributed by atoms with van der Waals surface area (Å²) < 4.78 is 1.77. The standard InChI is InChI=1S/C14H11ClN6S/c1-8-10(7-16-17-8)13-20-21-12(18-19-14(21)22-13)6-9-4-2-3-5-11(9)15/h2-5,7H,6H2,1H3,(H,16,17). The number of halogens is 1. The number of rotatable bonds is 3. The molecule has 110 valence electrons. The molecule has 0 unspecified atom stereocenters. The molecular weight excluding hydrogens is 320 g/mol. The van der Waals surface area contributed by atoms with E-state index in [1.165, 1.54) is 11.3 Å². The fourth-order valence-corrected chi connectivity index (χ4v) is 3.38. The van der Waals surface area contributed by atoms with Crippen LogP contribution in [0, 0.1) is 6.92 Å². The Morgan fingerprint density at radius 2 is 2.14 bits per heavy atom. The van der Waals surface area contributed by atoms with E-state index in [0.29, 0.717) is 6.42 Å². The van der Waals surface area contributed by atoms with Gasteiger partial charge in [-0.25, -0.2) is 0 Å². The van der Waals surface area contributed by atoms with Crippen molar-refractivity contribution in [3.63, 3.8) is 0 Å². The van der Waals surface area contributed by atoms with Gasteiger partial charge in [0.05, 0.1) is 11.8 Å². The number of aromatic nitrogens is 6. The fraction of sp³-hybridized carbons (Fsp3) is 0.143.